The van der Waals surface area contributed by atoms with E-state index in [0.29, 0.717) is 5.75 Å². The molecule has 1 heterocycles. The summed E-state index contributed by atoms with van der Waals surface area (Å²) in [4.78, 5) is 17.5. The van der Waals surface area contributed by atoms with Crippen LogP contribution >= 0.6 is 11.8 Å². The van der Waals surface area contributed by atoms with Crippen molar-refractivity contribution in [2.24, 2.45) is 0 Å². The van der Waals surface area contributed by atoms with Gasteiger partial charge in [-0.25, -0.2) is 4.98 Å². The van der Waals surface area contributed by atoms with Gasteiger partial charge in [-0.3, -0.25) is 10.1 Å². The van der Waals surface area contributed by atoms with Gasteiger partial charge in [-0.2, -0.15) is 4.98 Å². The third-order valence-electron chi connectivity index (χ3n) is 1.46. The predicted octanol–water partition coefficient (Wildman–Crippen LogP) is 0.478. The summed E-state index contributed by atoms with van der Waals surface area (Å²) in [5.74, 6) is 0.261. The molecule has 1 aromatic heterocycles. The molecule has 0 spiro atoms. The van der Waals surface area contributed by atoms with Crippen molar-refractivity contribution < 1.29 is 14.8 Å². The van der Waals surface area contributed by atoms with Gasteiger partial charge in [0.15, 0.2) is 5.03 Å². The lowest BCUT2D eigenvalue weighted by molar-refractivity contribution is -0.389. The summed E-state index contributed by atoms with van der Waals surface area (Å²) >= 11 is 1.08. The summed E-state index contributed by atoms with van der Waals surface area (Å²) in [6.07, 6.45) is 1.19. The van der Waals surface area contributed by atoms with Gasteiger partial charge in [0, 0.05) is 5.75 Å². The van der Waals surface area contributed by atoms with Crippen molar-refractivity contribution in [3.05, 3.63) is 16.4 Å². The highest BCUT2D eigenvalue weighted by Gasteiger charge is 2.23. The van der Waals surface area contributed by atoms with E-state index in [2.05, 4.69) is 9.97 Å². The van der Waals surface area contributed by atoms with Crippen molar-refractivity contribution in [3.8, 4) is 5.88 Å². The number of hydrogen-bond acceptors (Lipinski definition) is 7. The predicted molar refractivity (Wildman–Crippen MR) is 53.0 cm³/mol. The quantitative estimate of drug-likeness (QED) is 0.340. The van der Waals surface area contributed by atoms with E-state index in [9.17, 15) is 10.1 Å². The molecule has 0 aromatic carbocycles. The maximum Gasteiger partial charge on any atom is 0.362 e. The van der Waals surface area contributed by atoms with Crippen LogP contribution in [0.3, 0.4) is 0 Å². The molecule has 82 valence electrons. The van der Waals surface area contributed by atoms with E-state index >= 15 is 0 Å². The largest absolute Gasteiger partial charge is 0.476 e. The van der Waals surface area contributed by atoms with Crippen LogP contribution in [-0.2, 0) is 0 Å². The molecule has 0 aliphatic rings. The maximum absolute atomic E-state index is 10.7. The summed E-state index contributed by atoms with van der Waals surface area (Å²) in [5, 5.41) is 19.5. The van der Waals surface area contributed by atoms with Gasteiger partial charge in [0.25, 0.3) is 5.88 Å². The van der Waals surface area contributed by atoms with Crippen LogP contribution in [0, 0.1) is 10.1 Å². The van der Waals surface area contributed by atoms with E-state index in [1.807, 2.05) is 0 Å². The molecule has 0 fully saturated rings. The molecule has 0 saturated heterocycles. The Hall–Kier alpha value is -1.41. The van der Waals surface area contributed by atoms with E-state index in [1.165, 1.54) is 13.4 Å². The maximum atomic E-state index is 10.7. The molecule has 0 atom stereocenters. The Morgan fingerprint density at radius 2 is 2.40 bits per heavy atom. The van der Waals surface area contributed by atoms with E-state index < -0.39 is 4.92 Å². The van der Waals surface area contributed by atoms with Crippen LogP contribution in [0.2, 0.25) is 0 Å². The fourth-order valence-corrected chi connectivity index (χ4v) is 1.61. The van der Waals surface area contributed by atoms with Crippen molar-refractivity contribution in [2.45, 2.75) is 5.03 Å². The third kappa shape index (κ3) is 2.77. The summed E-state index contributed by atoms with van der Waals surface area (Å²) in [7, 11) is 1.30. The SMILES string of the molecule is COc1ncnc(SCCO)c1[N+](=O)[O-]. The molecule has 0 aliphatic carbocycles. The molecular formula is C7H9N3O4S. The first-order valence-electron chi connectivity index (χ1n) is 3.97. The highest BCUT2D eigenvalue weighted by molar-refractivity contribution is 7.99. The number of thioether (sulfide) groups is 1. The van der Waals surface area contributed by atoms with Crippen LogP contribution in [0.1, 0.15) is 0 Å². The minimum atomic E-state index is -0.599. The molecule has 0 unspecified atom stereocenters. The standard InChI is InChI=1S/C7H9N3O4S/c1-14-6-5(10(12)13)7(9-4-8-6)15-3-2-11/h4,11H,2-3H2,1H3. The van der Waals surface area contributed by atoms with Crippen LogP contribution < -0.4 is 4.74 Å². The van der Waals surface area contributed by atoms with Gasteiger partial charge in [-0.1, -0.05) is 11.8 Å². The van der Waals surface area contributed by atoms with E-state index in [1.54, 1.807) is 0 Å². The molecular weight excluding hydrogens is 222 g/mol. The van der Waals surface area contributed by atoms with Crippen LogP contribution in [0.4, 0.5) is 5.69 Å². The van der Waals surface area contributed by atoms with Crippen molar-refractivity contribution >= 4 is 17.4 Å². The second-order valence-corrected chi connectivity index (χ2v) is 3.45. The molecule has 8 heteroatoms. The zero-order valence-electron chi connectivity index (χ0n) is 7.91. The highest BCUT2D eigenvalue weighted by atomic mass is 32.2. The Bertz CT molecular complexity index is 360. The molecule has 0 aliphatic heterocycles. The minimum Gasteiger partial charge on any atom is -0.476 e. The van der Waals surface area contributed by atoms with E-state index in [-0.39, 0.29) is 23.2 Å². The number of hydrogen-bond donors (Lipinski definition) is 1. The van der Waals surface area contributed by atoms with Gasteiger partial charge < -0.3 is 9.84 Å². The van der Waals surface area contributed by atoms with Gasteiger partial charge in [0.2, 0.25) is 0 Å². The summed E-state index contributed by atoms with van der Waals surface area (Å²) < 4.78 is 4.76. The number of nitrogens with zero attached hydrogens (tertiary/aromatic N) is 3. The first-order valence-corrected chi connectivity index (χ1v) is 4.96. The topological polar surface area (TPSA) is 98.4 Å². The van der Waals surface area contributed by atoms with Gasteiger partial charge in [-0.15, -0.1) is 0 Å². The van der Waals surface area contributed by atoms with Crippen molar-refractivity contribution in [1.82, 2.24) is 9.97 Å². The molecule has 1 N–H and O–H groups in total. The second kappa shape index (κ2) is 5.47. The number of nitro groups is 1. The smallest absolute Gasteiger partial charge is 0.362 e. The molecule has 0 radical (unpaired) electrons. The average molecular weight is 231 g/mol. The first kappa shape index (κ1) is 11.7. The van der Waals surface area contributed by atoms with Gasteiger partial charge in [0.05, 0.1) is 18.6 Å². The molecule has 0 amide bonds. The Balaban J connectivity index is 3.07. The number of ether oxygens (including phenoxy) is 1. The van der Waals surface area contributed by atoms with Crippen molar-refractivity contribution in [2.75, 3.05) is 19.5 Å². The Labute approximate surface area is 89.6 Å². The number of aliphatic hydroxyl groups is 1. The molecule has 15 heavy (non-hydrogen) atoms. The van der Waals surface area contributed by atoms with E-state index in [0.717, 1.165) is 11.8 Å². The van der Waals surface area contributed by atoms with Gasteiger partial charge in [0.1, 0.15) is 6.33 Å². The molecule has 1 rings (SSSR count). The summed E-state index contributed by atoms with van der Waals surface area (Å²) in [5.41, 5.74) is -0.265. The summed E-state index contributed by atoms with van der Waals surface area (Å²) in [6, 6.07) is 0. The van der Waals surface area contributed by atoms with E-state index in [4.69, 9.17) is 9.84 Å². The van der Waals surface area contributed by atoms with Gasteiger partial charge >= 0.3 is 5.69 Å². The van der Waals surface area contributed by atoms with Crippen LogP contribution in [0.5, 0.6) is 5.88 Å². The lowest BCUT2D eigenvalue weighted by atomic mass is 10.5. The fourth-order valence-electron chi connectivity index (χ4n) is 0.901. The zero-order valence-corrected chi connectivity index (χ0v) is 8.73. The number of aromatic nitrogens is 2. The number of methoxy groups -OCH3 is 1. The third-order valence-corrected chi connectivity index (χ3v) is 2.42. The van der Waals surface area contributed by atoms with Gasteiger partial charge in [-0.05, 0) is 0 Å². The molecule has 0 bridgehead atoms. The van der Waals surface area contributed by atoms with Crippen LogP contribution in [0.15, 0.2) is 11.4 Å². The van der Waals surface area contributed by atoms with Crippen molar-refractivity contribution in [3.63, 3.8) is 0 Å². The second-order valence-electron chi connectivity index (χ2n) is 2.37. The van der Waals surface area contributed by atoms with Crippen LogP contribution in [0.25, 0.3) is 0 Å². The normalized spacial score (nSPS) is 10.0. The number of aliphatic hydroxyl groups excluding tert-OH is 1. The Morgan fingerprint density at radius 1 is 1.67 bits per heavy atom. The monoisotopic (exact) mass is 231 g/mol. The molecule has 1 aromatic rings. The lowest BCUT2D eigenvalue weighted by Crippen LogP contribution is -2.00. The number of rotatable bonds is 5. The average Bonchev–Trinajstić information content (AvgIpc) is 2.25. The molecule has 7 nitrogen and oxygen atoms in total. The molecule has 0 saturated carbocycles. The first-order chi connectivity index (χ1) is 7.20. The Morgan fingerprint density at radius 3 is 2.93 bits per heavy atom. The van der Waals surface area contributed by atoms with Crippen LogP contribution in [-0.4, -0.2) is 39.5 Å². The lowest BCUT2D eigenvalue weighted by Gasteiger charge is -2.03. The fraction of sp³-hybridized carbons (Fsp3) is 0.429. The Kier molecular flexibility index (Phi) is 4.25. The zero-order chi connectivity index (χ0) is 11.3. The minimum absolute atomic E-state index is 0.0737. The highest BCUT2D eigenvalue weighted by Crippen LogP contribution is 2.32. The summed E-state index contributed by atoms with van der Waals surface area (Å²) in [6.45, 7) is -0.0753. The van der Waals surface area contributed by atoms with Crippen molar-refractivity contribution in [1.29, 1.82) is 0 Å².